The Bertz CT molecular complexity index is 682. The van der Waals surface area contributed by atoms with Crippen molar-refractivity contribution in [3.05, 3.63) is 11.6 Å². The van der Waals surface area contributed by atoms with Crippen molar-refractivity contribution < 1.29 is 22.8 Å². The van der Waals surface area contributed by atoms with E-state index in [1.54, 1.807) is 13.8 Å². The Kier molecular flexibility index (Phi) is 3.80. The fourth-order valence-corrected chi connectivity index (χ4v) is 2.98. The minimum absolute atomic E-state index is 0.0300. The van der Waals surface area contributed by atoms with E-state index in [0.29, 0.717) is 5.82 Å². The maximum atomic E-state index is 13.0. The van der Waals surface area contributed by atoms with Crippen LogP contribution in [0.4, 0.5) is 18.0 Å². The van der Waals surface area contributed by atoms with Gasteiger partial charge in [0, 0.05) is 19.5 Å². The van der Waals surface area contributed by atoms with E-state index in [2.05, 4.69) is 15.5 Å². The molecule has 2 aliphatic heterocycles. The highest BCUT2D eigenvalue weighted by Crippen LogP contribution is 2.34. The molecular formula is C14H18F3N5O2. The Morgan fingerprint density at radius 3 is 2.67 bits per heavy atom. The van der Waals surface area contributed by atoms with Gasteiger partial charge in [-0.05, 0) is 20.3 Å². The van der Waals surface area contributed by atoms with Crippen LogP contribution in [0.25, 0.3) is 0 Å². The molecule has 0 radical (unpaired) electrons. The molecule has 1 N–H and O–H groups in total. The SMILES string of the molecule is CC1(C)CNC(=O)N(Cc2nnc3n2CC(C(F)(F)F)CC3)C1=O. The molecule has 7 nitrogen and oxygen atoms in total. The third-order valence-corrected chi connectivity index (χ3v) is 4.54. The zero-order chi connectivity index (χ0) is 17.7. The monoisotopic (exact) mass is 345 g/mol. The number of amides is 3. The second kappa shape index (κ2) is 5.45. The highest BCUT2D eigenvalue weighted by Gasteiger charge is 2.44. The zero-order valence-corrected chi connectivity index (χ0v) is 13.4. The average molecular weight is 345 g/mol. The Morgan fingerprint density at radius 2 is 2.00 bits per heavy atom. The molecule has 3 heterocycles. The van der Waals surface area contributed by atoms with Crippen LogP contribution in [0.3, 0.4) is 0 Å². The molecule has 1 fully saturated rings. The number of carbonyl (C=O) groups is 2. The standard InChI is InChI=1S/C14H18F3N5O2/c1-13(2)7-18-12(24)22(11(13)23)6-10-20-19-9-4-3-8(5-21(9)10)14(15,16)17/h8H,3-7H2,1-2H3,(H,18,24). The molecule has 0 bridgehead atoms. The summed E-state index contributed by atoms with van der Waals surface area (Å²) < 4.78 is 40.3. The zero-order valence-electron chi connectivity index (χ0n) is 13.4. The van der Waals surface area contributed by atoms with Gasteiger partial charge in [-0.25, -0.2) is 4.79 Å². The molecule has 3 rings (SSSR count). The number of aryl methyl sites for hydroxylation is 1. The Hall–Kier alpha value is -2.13. The summed E-state index contributed by atoms with van der Waals surface area (Å²) in [6.45, 7) is 3.14. The number of aromatic nitrogens is 3. The fourth-order valence-electron chi connectivity index (χ4n) is 2.98. The van der Waals surface area contributed by atoms with Crippen LogP contribution in [-0.4, -0.2) is 44.3 Å². The molecule has 1 atom stereocenters. The van der Waals surface area contributed by atoms with Gasteiger partial charge in [-0.3, -0.25) is 9.69 Å². The van der Waals surface area contributed by atoms with Gasteiger partial charge in [-0.2, -0.15) is 13.2 Å². The highest BCUT2D eigenvalue weighted by molar-refractivity contribution is 5.99. The quantitative estimate of drug-likeness (QED) is 0.880. The summed E-state index contributed by atoms with van der Waals surface area (Å²) in [6, 6.07) is -0.570. The molecule has 0 aliphatic carbocycles. The maximum absolute atomic E-state index is 13.0. The van der Waals surface area contributed by atoms with Gasteiger partial charge in [-0.15, -0.1) is 10.2 Å². The molecule has 1 unspecified atom stereocenters. The Labute approximate surface area is 136 Å². The molecule has 1 aromatic heterocycles. The Balaban J connectivity index is 1.84. The van der Waals surface area contributed by atoms with Crippen LogP contribution in [-0.2, 0) is 24.3 Å². The highest BCUT2D eigenvalue weighted by atomic mass is 19.4. The molecule has 0 aromatic carbocycles. The van der Waals surface area contributed by atoms with Gasteiger partial charge in [0.05, 0.1) is 17.9 Å². The Morgan fingerprint density at radius 1 is 1.29 bits per heavy atom. The van der Waals surface area contributed by atoms with Gasteiger partial charge in [0.15, 0.2) is 5.82 Å². The molecule has 0 spiro atoms. The van der Waals surface area contributed by atoms with Crippen molar-refractivity contribution in [3.8, 4) is 0 Å². The van der Waals surface area contributed by atoms with Crippen LogP contribution in [0.2, 0.25) is 0 Å². The van der Waals surface area contributed by atoms with E-state index >= 15 is 0 Å². The molecule has 1 saturated heterocycles. The van der Waals surface area contributed by atoms with Gasteiger partial charge >= 0.3 is 12.2 Å². The number of alkyl halides is 3. The van der Waals surface area contributed by atoms with Crippen LogP contribution in [0.5, 0.6) is 0 Å². The number of halogens is 3. The number of rotatable bonds is 2. The second-order valence-corrected chi connectivity index (χ2v) is 6.85. The van der Waals surface area contributed by atoms with Crippen molar-refractivity contribution in [3.63, 3.8) is 0 Å². The topological polar surface area (TPSA) is 80.1 Å². The number of nitrogens with one attached hydrogen (secondary N) is 1. The van der Waals surface area contributed by atoms with E-state index in [1.165, 1.54) is 4.57 Å². The van der Waals surface area contributed by atoms with Crippen LogP contribution in [0.1, 0.15) is 31.9 Å². The molecule has 3 amide bonds. The summed E-state index contributed by atoms with van der Waals surface area (Å²) in [6.07, 6.45) is -4.15. The molecule has 2 aliphatic rings. The van der Waals surface area contributed by atoms with Crippen molar-refractivity contribution >= 4 is 11.9 Å². The first-order valence-electron chi connectivity index (χ1n) is 7.67. The number of imide groups is 1. The first-order chi connectivity index (χ1) is 11.1. The number of urea groups is 1. The van der Waals surface area contributed by atoms with E-state index < -0.39 is 23.5 Å². The summed E-state index contributed by atoms with van der Waals surface area (Å²) >= 11 is 0. The number of hydrogen-bond donors (Lipinski definition) is 1. The molecule has 24 heavy (non-hydrogen) atoms. The normalized spacial score (nSPS) is 23.9. The van der Waals surface area contributed by atoms with Crippen LogP contribution >= 0.6 is 0 Å². The molecule has 10 heteroatoms. The third kappa shape index (κ3) is 2.84. The predicted molar refractivity (Wildman–Crippen MR) is 75.6 cm³/mol. The summed E-state index contributed by atoms with van der Waals surface area (Å²) in [5, 5.41) is 10.4. The molecule has 0 saturated carbocycles. The number of fused-ring (bicyclic) bond motifs is 1. The van der Waals surface area contributed by atoms with Gasteiger partial charge in [0.25, 0.3) is 0 Å². The van der Waals surface area contributed by atoms with Gasteiger partial charge in [0.1, 0.15) is 5.82 Å². The van der Waals surface area contributed by atoms with Gasteiger partial charge < -0.3 is 9.88 Å². The van der Waals surface area contributed by atoms with Crippen LogP contribution in [0, 0.1) is 11.3 Å². The van der Waals surface area contributed by atoms with E-state index in [1.807, 2.05) is 0 Å². The van der Waals surface area contributed by atoms with Crippen molar-refractivity contribution in [2.24, 2.45) is 11.3 Å². The lowest BCUT2D eigenvalue weighted by Crippen LogP contribution is -2.58. The second-order valence-electron chi connectivity index (χ2n) is 6.85. The van der Waals surface area contributed by atoms with Crippen molar-refractivity contribution in [2.45, 2.75) is 46.0 Å². The lowest BCUT2D eigenvalue weighted by atomic mass is 9.90. The summed E-state index contributed by atoms with van der Waals surface area (Å²) in [7, 11) is 0. The minimum Gasteiger partial charge on any atom is -0.337 e. The molecular weight excluding hydrogens is 327 g/mol. The minimum atomic E-state index is -4.29. The maximum Gasteiger partial charge on any atom is 0.393 e. The van der Waals surface area contributed by atoms with Crippen molar-refractivity contribution in [1.82, 2.24) is 25.0 Å². The molecule has 1 aromatic rings. The van der Waals surface area contributed by atoms with Crippen LogP contribution in [0.15, 0.2) is 0 Å². The lowest BCUT2D eigenvalue weighted by molar-refractivity contribution is -0.182. The van der Waals surface area contributed by atoms with E-state index in [4.69, 9.17) is 0 Å². The van der Waals surface area contributed by atoms with E-state index in [0.717, 1.165) is 4.90 Å². The first kappa shape index (κ1) is 16.7. The number of carbonyl (C=O) groups excluding carboxylic acids is 2. The predicted octanol–water partition coefficient (Wildman–Crippen LogP) is 1.48. The lowest BCUT2D eigenvalue weighted by Gasteiger charge is -2.36. The van der Waals surface area contributed by atoms with E-state index in [-0.39, 0.29) is 44.2 Å². The average Bonchev–Trinajstić information content (AvgIpc) is 2.89. The van der Waals surface area contributed by atoms with Gasteiger partial charge in [0.2, 0.25) is 5.91 Å². The largest absolute Gasteiger partial charge is 0.393 e. The smallest absolute Gasteiger partial charge is 0.337 e. The number of nitrogens with zero attached hydrogens (tertiary/aromatic N) is 4. The third-order valence-electron chi connectivity index (χ3n) is 4.54. The fraction of sp³-hybridized carbons (Fsp3) is 0.714. The first-order valence-corrected chi connectivity index (χ1v) is 7.67. The summed E-state index contributed by atoms with van der Waals surface area (Å²) in [4.78, 5) is 25.4. The van der Waals surface area contributed by atoms with Gasteiger partial charge in [-0.1, -0.05) is 0 Å². The van der Waals surface area contributed by atoms with Crippen molar-refractivity contribution in [1.29, 1.82) is 0 Å². The van der Waals surface area contributed by atoms with E-state index in [9.17, 15) is 22.8 Å². The van der Waals surface area contributed by atoms with Crippen molar-refractivity contribution in [2.75, 3.05) is 6.54 Å². The van der Waals surface area contributed by atoms with Crippen LogP contribution < -0.4 is 5.32 Å². The molecule has 132 valence electrons. The number of hydrogen-bond acceptors (Lipinski definition) is 4. The summed E-state index contributed by atoms with van der Waals surface area (Å²) in [5.74, 6) is -1.20. The summed E-state index contributed by atoms with van der Waals surface area (Å²) in [5.41, 5.74) is -0.771.